The van der Waals surface area contributed by atoms with Gasteiger partial charge < -0.3 is 33.2 Å². The smallest absolute Gasteiger partial charge is 0.180 e. The Labute approximate surface area is 171 Å². The van der Waals surface area contributed by atoms with E-state index < -0.39 is 0 Å². The maximum absolute atomic E-state index is 6.21. The molecule has 2 heterocycles. The summed E-state index contributed by atoms with van der Waals surface area (Å²) in [5.74, 6) is 0.771. The molecule has 0 N–H and O–H groups in total. The Kier molecular flexibility index (Phi) is 6.35. The number of aryl methyl sites for hydroxylation is 1. The molecule has 0 fully saturated rings. The first-order valence-corrected chi connectivity index (χ1v) is 8.36. The van der Waals surface area contributed by atoms with E-state index in [1.165, 1.54) is 5.69 Å². The lowest BCUT2D eigenvalue weighted by Gasteiger charge is -2.23. The molecule has 3 aromatic rings. The molecule has 0 radical (unpaired) electrons. The largest absolute Gasteiger partial charge is 1.00 e. The van der Waals surface area contributed by atoms with Crippen LogP contribution in [-0.4, -0.2) is 35.0 Å². The number of hydrogen-bond acceptors (Lipinski definition) is 2. The van der Waals surface area contributed by atoms with Crippen molar-refractivity contribution in [3.05, 3.63) is 64.6 Å². The summed E-state index contributed by atoms with van der Waals surface area (Å²) in [6.45, 7) is 3.38. The summed E-state index contributed by atoms with van der Waals surface area (Å²) >= 11 is 6.21. The van der Waals surface area contributed by atoms with Gasteiger partial charge in [-0.15, -0.1) is 0 Å². The van der Waals surface area contributed by atoms with Crippen LogP contribution in [0.5, 0.6) is 5.75 Å². The highest BCUT2D eigenvalue weighted by Crippen LogP contribution is 2.25. The normalized spacial score (nSPS) is 11.4. The van der Waals surface area contributed by atoms with E-state index in [1.54, 1.807) is 0 Å². The molecule has 0 bridgehead atoms. The Balaban J connectivity index is 0.00000225. The summed E-state index contributed by atoms with van der Waals surface area (Å²) < 4.78 is 8.98. The summed E-state index contributed by atoms with van der Waals surface area (Å²) in [7, 11) is 6.53. The maximum Gasteiger partial charge on any atom is 0.180 e. The first-order valence-electron chi connectivity index (χ1n) is 7.98. The van der Waals surface area contributed by atoms with Crippen LogP contribution in [0, 0.1) is 6.92 Å². The van der Waals surface area contributed by atoms with E-state index in [2.05, 4.69) is 32.5 Å². The monoisotopic (exact) mass is 471 g/mol. The fraction of sp³-hybridized carbons (Fsp3) is 0.316. The van der Waals surface area contributed by atoms with Gasteiger partial charge in [-0.05, 0) is 25.1 Å². The average Bonchev–Trinajstić information content (AvgIpc) is 2.82. The van der Waals surface area contributed by atoms with Crippen molar-refractivity contribution in [1.29, 1.82) is 0 Å². The third-order valence-electron chi connectivity index (χ3n) is 3.88. The van der Waals surface area contributed by atoms with Gasteiger partial charge in [-0.25, -0.2) is 4.98 Å². The molecule has 0 saturated carbocycles. The molecule has 0 saturated heterocycles. The molecule has 3 rings (SSSR count). The van der Waals surface area contributed by atoms with Crippen LogP contribution in [0.2, 0.25) is 5.02 Å². The van der Waals surface area contributed by atoms with Crippen molar-refractivity contribution in [3.8, 4) is 5.75 Å². The fourth-order valence-electron chi connectivity index (χ4n) is 2.73. The summed E-state index contributed by atoms with van der Waals surface area (Å²) in [6, 6.07) is 11.7. The number of benzene rings is 1. The number of imidazole rings is 1. The number of halogens is 2. The van der Waals surface area contributed by atoms with Gasteiger partial charge in [0.05, 0.1) is 26.8 Å². The van der Waals surface area contributed by atoms with Gasteiger partial charge in [-0.1, -0.05) is 29.8 Å². The highest BCUT2D eigenvalue weighted by atomic mass is 127. The van der Waals surface area contributed by atoms with Gasteiger partial charge in [-0.2, -0.15) is 0 Å². The second-order valence-electron chi connectivity index (χ2n) is 7.04. The lowest BCUT2D eigenvalue weighted by Crippen LogP contribution is -3.00. The first kappa shape index (κ1) is 20.0. The van der Waals surface area contributed by atoms with Crippen LogP contribution in [0.25, 0.3) is 5.65 Å². The number of aromatic nitrogens is 2. The van der Waals surface area contributed by atoms with E-state index in [9.17, 15) is 0 Å². The highest BCUT2D eigenvalue weighted by molar-refractivity contribution is 6.31. The molecular weight excluding hydrogens is 449 g/mol. The van der Waals surface area contributed by atoms with Crippen molar-refractivity contribution in [2.24, 2.45) is 0 Å². The maximum atomic E-state index is 6.21. The average molecular weight is 472 g/mol. The van der Waals surface area contributed by atoms with Crippen molar-refractivity contribution < 1.29 is 33.2 Å². The highest BCUT2D eigenvalue weighted by Gasteiger charge is 2.18. The second-order valence-corrected chi connectivity index (χ2v) is 7.45. The zero-order chi connectivity index (χ0) is 17.3. The molecule has 0 amide bonds. The lowest BCUT2D eigenvalue weighted by atomic mass is 10.2. The van der Waals surface area contributed by atoms with E-state index in [0.29, 0.717) is 6.61 Å². The Morgan fingerprint density at radius 1 is 1.12 bits per heavy atom. The quantitative estimate of drug-likeness (QED) is 0.411. The second kappa shape index (κ2) is 7.93. The molecule has 6 heteroatoms. The van der Waals surface area contributed by atoms with E-state index in [4.69, 9.17) is 21.3 Å². The van der Waals surface area contributed by atoms with Crippen molar-refractivity contribution in [3.63, 3.8) is 0 Å². The molecule has 0 atom stereocenters. The van der Waals surface area contributed by atoms with Crippen LogP contribution >= 0.6 is 11.6 Å². The van der Waals surface area contributed by atoms with Crippen molar-refractivity contribution in [2.75, 3.05) is 21.1 Å². The van der Waals surface area contributed by atoms with Gasteiger partial charge >= 0.3 is 0 Å². The van der Waals surface area contributed by atoms with E-state index >= 15 is 0 Å². The molecule has 4 nitrogen and oxygen atoms in total. The van der Waals surface area contributed by atoms with Crippen LogP contribution < -0.4 is 28.7 Å². The predicted molar refractivity (Wildman–Crippen MR) is 97.4 cm³/mol. The number of nitrogens with zero attached hydrogens (tertiary/aromatic N) is 3. The molecule has 0 unspecified atom stereocenters. The minimum absolute atomic E-state index is 0. The van der Waals surface area contributed by atoms with Crippen LogP contribution in [0.1, 0.15) is 17.0 Å². The van der Waals surface area contributed by atoms with E-state index in [0.717, 1.165) is 38.7 Å². The number of ether oxygens (including phenoxy) is 1. The van der Waals surface area contributed by atoms with Gasteiger partial charge in [0, 0.05) is 16.8 Å². The van der Waals surface area contributed by atoms with Gasteiger partial charge in [0.15, 0.2) is 11.4 Å². The number of quaternary nitrogens is 1. The molecule has 134 valence electrons. The van der Waals surface area contributed by atoms with Crippen molar-refractivity contribution in [1.82, 2.24) is 9.38 Å². The minimum Gasteiger partial charge on any atom is -1.00 e. The Morgan fingerprint density at radius 3 is 2.52 bits per heavy atom. The van der Waals surface area contributed by atoms with E-state index in [1.807, 2.05) is 42.6 Å². The zero-order valence-electron chi connectivity index (χ0n) is 15.0. The standard InChI is InChI=1S/C19H23ClN3O.HI/c1-14-17(12-23(2,3)4)22-11-7-10-18(19(22)21-14)24-13-15-8-5-6-9-16(15)20;/h5-11H,12-13H2,1-4H3;1H/q+1;/p-1. The zero-order valence-corrected chi connectivity index (χ0v) is 17.9. The van der Waals surface area contributed by atoms with Gasteiger partial charge in [0.2, 0.25) is 0 Å². The predicted octanol–water partition coefficient (Wildman–Crippen LogP) is 1.09. The third-order valence-corrected chi connectivity index (χ3v) is 4.25. The molecule has 0 aliphatic rings. The minimum atomic E-state index is 0. The van der Waals surface area contributed by atoms with E-state index in [-0.39, 0.29) is 24.0 Å². The topological polar surface area (TPSA) is 26.5 Å². The molecule has 0 aliphatic carbocycles. The number of hydrogen-bond donors (Lipinski definition) is 0. The Morgan fingerprint density at radius 2 is 1.84 bits per heavy atom. The molecule has 1 aromatic carbocycles. The Hall–Kier alpha value is -1.31. The summed E-state index contributed by atoms with van der Waals surface area (Å²) in [5, 5.41) is 0.717. The molecule has 2 aromatic heterocycles. The van der Waals surface area contributed by atoms with Crippen LogP contribution in [-0.2, 0) is 13.2 Å². The number of rotatable bonds is 5. The molecular formula is C19H23ClIN3O. The number of fused-ring (bicyclic) bond motifs is 1. The first-order chi connectivity index (χ1) is 11.3. The molecule has 25 heavy (non-hydrogen) atoms. The third kappa shape index (κ3) is 4.65. The van der Waals surface area contributed by atoms with Crippen LogP contribution in [0.3, 0.4) is 0 Å². The Bertz CT molecular complexity index is 871. The molecule has 0 aliphatic heterocycles. The number of pyridine rings is 1. The van der Waals surface area contributed by atoms with Crippen LogP contribution in [0.15, 0.2) is 42.6 Å². The summed E-state index contributed by atoms with van der Waals surface area (Å²) in [6.07, 6.45) is 2.04. The summed E-state index contributed by atoms with van der Waals surface area (Å²) in [5.41, 5.74) is 4.07. The fourth-order valence-corrected chi connectivity index (χ4v) is 2.92. The van der Waals surface area contributed by atoms with Crippen LogP contribution in [0.4, 0.5) is 0 Å². The lowest BCUT2D eigenvalue weighted by molar-refractivity contribution is -0.884. The van der Waals surface area contributed by atoms with Gasteiger partial charge in [-0.3, -0.25) is 4.40 Å². The summed E-state index contributed by atoms with van der Waals surface area (Å²) in [4.78, 5) is 4.73. The van der Waals surface area contributed by atoms with Crippen molar-refractivity contribution >= 4 is 17.2 Å². The SMILES string of the molecule is Cc1nc2c(OCc3ccccc3Cl)cccn2c1C[N+](C)(C)C.[I-]. The van der Waals surface area contributed by atoms with Gasteiger partial charge in [0.1, 0.15) is 18.8 Å². The molecule has 0 spiro atoms. The van der Waals surface area contributed by atoms with Gasteiger partial charge in [0.25, 0.3) is 0 Å². The van der Waals surface area contributed by atoms with Crippen molar-refractivity contribution in [2.45, 2.75) is 20.1 Å².